The van der Waals surface area contributed by atoms with Crippen molar-refractivity contribution in [2.45, 2.75) is 6.42 Å². The molecule has 0 saturated heterocycles. The van der Waals surface area contributed by atoms with E-state index in [0.717, 1.165) is 13.0 Å². The van der Waals surface area contributed by atoms with Crippen LogP contribution in [0.4, 0.5) is 0 Å². The van der Waals surface area contributed by atoms with Gasteiger partial charge in [0.15, 0.2) is 0 Å². The van der Waals surface area contributed by atoms with Crippen LogP contribution in [0.2, 0.25) is 0 Å². The highest BCUT2D eigenvalue weighted by molar-refractivity contribution is 6.17. The average Bonchev–Trinajstić information content (AvgIpc) is 1.61. The molecule has 0 radical (unpaired) electrons. The molecule has 0 aliphatic carbocycles. The van der Waals surface area contributed by atoms with Gasteiger partial charge in [0.25, 0.3) is 0 Å². The zero-order valence-electron chi connectivity index (χ0n) is 3.65. The van der Waals surface area contributed by atoms with Gasteiger partial charge in [0.05, 0.1) is 0 Å². The molecule has 0 spiro atoms. The first-order valence-corrected chi connectivity index (χ1v) is 2.43. The van der Waals surface area contributed by atoms with Crippen molar-refractivity contribution in [3.05, 3.63) is 0 Å². The van der Waals surface area contributed by atoms with Crippen molar-refractivity contribution in [2.24, 2.45) is 4.99 Å². The molecule has 0 aromatic carbocycles. The van der Waals surface area contributed by atoms with Crippen LogP contribution in [-0.4, -0.2) is 19.1 Å². The largest absolute Gasteiger partial charge is 0.301 e. The van der Waals surface area contributed by atoms with E-state index in [1.54, 1.807) is 0 Å². The summed E-state index contributed by atoms with van der Waals surface area (Å²) in [4.78, 5) is 3.59. The van der Waals surface area contributed by atoms with Crippen LogP contribution in [-0.2, 0) is 0 Å². The molecule has 6 heavy (non-hydrogen) atoms. The highest BCUT2D eigenvalue weighted by Gasteiger charge is 1.73. The van der Waals surface area contributed by atoms with E-state index in [2.05, 4.69) is 11.7 Å². The highest BCUT2D eigenvalue weighted by Crippen LogP contribution is 1.81. The van der Waals surface area contributed by atoms with Gasteiger partial charge in [-0.25, -0.2) is 0 Å². The number of nitrogens with zero attached hydrogens (tertiary/aromatic N) is 1. The predicted octanol–water partition coefficient (Wildman–Crippen LogP) is 1.32. The number of rotatable bonds is 3. The van der Waals surface area contributed by atoms with Crippen molar-refractivity contribution in [2.75, 3.05) is 12.4 Å². The van der Waals surface area contributed by atoms with Crippen LogP contribution in [0.15, 0.2) is 4.99 Å². The Morgan fingerprint density at radius 1 is 1.67 bits per heavy atom. The van der Waals surface area contributed by atoms with E-state index in [0.29, 0.717) is 5.88 Å². The number of alkyl halides is 1. The molecule has 0 aromatic heterocycles. The van der Waals surface area contributed by atoms with Crippen LogP contribution in [0.5, 0.6) is 0 Å². The molecule has 0 amide bonds. The molecule has 0 bridgehead atoms. The Labute approximate surface area is 43.0 Å². The summed E-state index contributed by atoms with van der Waals surface area (Å²) in [5.41, 5.74) is 0. The lowest BCUT2D eigenvalue weighted by atomic mass is 10.5. The van der Waals surface area contributed by atoms with Crippen molar-refractivity contribution < 1.29 is 0 Å². The molecule has 36 valence electrons. The van der Waals surface area contributed by atoms with Crippen LogP contribution in [0.1, 0.15) is 6.42 Å². The Hall–Kier alpha value is -0.0400. The van der Waals surface area contributed by atoms with Crippen molar-refractivity contribution in [1.29, 1.82) is 0 Å². The van der Waals surface area contributed by atoms with Gasteiger partial charge < -0.3 is 4.99 Å². The first kappa shape index (κ1) is 5.96. The van der Waals surface area contributed by atoms with E-state index in [1.807, 2.05) is 0 Å². The lowest BCUT2D eigenvalue weighted by Gasteiger charge is -1.80. The predicted molar refractivity (Wildman–Crippen MR) is 29.8 cm³/mol. The van der Waals surface area contributed by atoms with Crippen molar-refractivity contribution in [3.8, 4) is 0 Å². The number of hydrogen-bond acceptors (Lipinski definition) is 1. The lowest BCUT2D eigenvalue weighted by Crippen LogP contribution is -1.77. The van der Waals surface area contributed by atoms with E-state index >= 15 is 0 Å². The minimum absolute atomic E-state index is 0.693. The second-order valence-electron chi connectivity index (χ2n) is 0.990. The molecule has 0 atom stereocenters. The minimum atomic E-state index is 0.693. The van der Waals surface area contributed by atoms with Crippen LogP contribution >= 0.6 is 11.6 Å². The second-order valence-corrected chi connectivity index (χ2v) is 1.37. The van der Waals surface area contributed by atoms with Gasteiger partial charge in [-0.3, -0.25) is 0 Å². The fourth-order valence-electron chi connectivity index (χ4n) is 0.172. The molecule has 0 saturated carbocycles. The van der Waals surface area contributed by atoms with Crippen LogP contribution in [0, 0.1) is 0 Å². The van der Waals surface area contributed by atoms with Gasteiger partial charge in [0.2, 0.25) is 0 Å². The standard InChI is InChI=1S/C4H8ClN/c1-6-4-2-3-5/h1-4H2. The Balaban J connectivity index is 2.49. The number of aliphatic imine (C=N–C) groups is 1. The Kier molecular flexibility index (Phi) is 4.93. The topological polar surface area (TPSA) is 12.4 Å². The zero-order valence-corrected chi connectivity index (χ0v) is 4.41. The second kappa shape index (κ2) is 4.96. The smallest absolute Gasteiger partial charge is 0.0393 e. The Morgan fingerprint density at radius 2 is 2.33 bits per heavy atom. The van der Waals surface area contributed by atoms with Crippen LogP contribution < -0.4 is 0 Å². The summed E-state index contributed by atoms with van der Waals surface area (Å²) < 4.78 is 0. The molecule has 1 nitrogen and oxygen atoms in total. The van der Waals surface area contributed by atoms with Crippen LogP contribution in [0.3, 0.4) is 0 Å². The first-order chi connectivity index (χ1) is 2.91. The van der Waals surface area contributed by atoms with E-state index in [1.165, 1.54) is 0 Å². The quantitative estimate of drug-likeness (QED) is 0.292. The zero-order chi connectivity index (χ0) is 4.83. The van der Waals surface area contributed by atoms with Gasteiger partial charge in [-0.2, -0.15) is 0 Å². The third-order valence-electron chi connectivity index (χ3n) is 0.450. The third kappa shape index (κ3) is 3.96. The average molecular weight is 106 g/mol. The fraction of sp³-hybridized carbons (Fsp3) is 0.750. The maximum absolute atomic E-state index is 5.29. The SMILES string of the molecule is C=NCCCCl. The number of hydrogen-bond donors (Lipinski definition) is 0. The van der Waals surface area contributed by atoms with Crippen molar-refractivity contribution in [1.82, 2.24) is 0 Å². The normalized spacial score (nSPS) is 8.17. The number of halogens is 1. The van der Waals surface area contributed by atoms with E-state index in [4.69, 9.17) is 11.6 Å². The molecule has 0 fully saturated rings. The summed E-state index contributed by atoms with van der Waals surface area (Å²) in [6, 6.07) is 0. The van der Waals surface area contributed by atoms with Gasteiger partial charge in [-0.1, -0.05) is 0 Å². The fourth-order valence-corrected chi connectivity index (χ4v) is 0.291. The summed E-state index contributed by atoms with van der Waals surface area (Å²) >= 11 is 5.29. The maximum atomic E-state index is 5.29. The van der Waals surface area contributed by atoms with Crippen LogP contribution in [0.25, 0.3) is 0 Å². The Bertz CT molecular complexity index is 36.5. The molecule has 0 unspecified atom stereocenters. The minimum Gasteiger partial charge on any atom is -0.301 e. The van der Waals surface area contributed by atoms with Gasteiger partial charge in [0, 0.05) is 12.4 Å². The molecular weight excluding hydrogens is 97.5 g/mol. The summed E-state index contributed by atoms with van der Waals surface area (Å²) in [5.74, 6) is 0.693. The lowest BCUT2D eigenvalue weighted by molar-refractivity contribution is 0.947. The van der Waals surface area contributed by atoms with Crippen molar-refractivity contribution in [3.63, 3.8) is 0 Å². The van der Waals surface area contributed by atoms with Crippen molar-refractivity contribution >= 4 is 18.3 Å². The molecule has 2 heteroatoms. The summed E-state index contributed by atoms with van der Waals surface area (Å²) in [6.45, 7) is 4.08. The molecule has 0 aliphatic rings. The van der Waals surface area contributed by atoms with E-state index in [9.17, 15) is 0 Å². The summed E-state index contributed by atoms with van der Waals surface area (Å²) in [7, 11) is 0. The first-order valence-electron chi connectivity index (χ1n) is 1.90. The molecule has 0 aromatic rings. The molecule has 0 aliphatic heterocycles. The Morgan fingerprint density at radius 3 is 2.50 bits per heavy atom. The molecule has 0 heterocycles. The van der Waals surface area contributed by atoms with E-state index < -0.39 is 0 Å². The summed E-state index contributed by atoms with van der Waals surface area (Å²) in [6.07, 6.45) is 0.949. The highest BCUT2D eigenvalue weighted by atomic mass is 35.5. The maximum Gasteiger partial charge on any atom is 0.0393 e. The summed E-state index contributed by atoms with van der Waals surface area (Å²) in [5, 5.41) is 0. The molecule has 0 N–H and O–H groups in total. The van der Waals surface area contributed by atoms with Gasteiger partial charge in [0.1, 0.15) is 0 Å². The van der Waals surface area contributed by atoms with Gasteiger partial charge in [-0.05, 0) is 13.1 Å². The third-order valence-corrected chi connectivity index (χ3v) is 0.717. The van der Waals surface area contributed by atoms with Gasteiger partial charge >= 0.3 is 0 Å². The monoisotopic (exact) mass is 105 g/mol. The molecule has 0 rings (SSSR count). The molecular formula is C4H8ClN. The van der Waals surface area contributed by atoms with Gasteiger partial charge in [-0.15, -0.1) is 11.6 Å². The van der Waals surface area contributed by atoms with E-state index in [-0.39, 0.29) is 0 Å².